The third-order valence-electron chi connectivity index (χ3n) is 2.24. The molecule has 3 nitrogen and oxygen atoms in total. The van der Waals surface area contributed by atoms with Crippen molar-refractivity contribution < 1.29 is 14.0 Å². The molecule has 1 aromatic rings. The first-order valence-electron chi connectivity index (χ1n) is 4.35. The second-order valence-electron chi connectivity index (χ2n) is 3.12. The molecule has 5 heteroatoms. The van der Waals surface area contributed by atoms with Gasteiger partial charge in [0.15, 0.2) is 0 Å². The van der Waals surface area contributed by atoms with Gasteiger partial charge in [-0.1, -0.05) is 5.46 Å². The predicted molar refractivity (Wildman–Crippen MR) is 55.6 cm³/mol. The van der Waals surface area contributed by atoms with E-state index < -0.39 is 11.7 Å². The van der Waals surface area contributed by atoms with Gasteiger partial charge in [0, 0.05) is 12.6 Å². The Balaban J connectivity index is 3.16. The van der Waals surface area contributed by atoms with Gasteiger partial charge < -0.3 is 0 Å². The maximum atomic E-state index is 13.1. The molecule has 15 heavy (non-hydrogen) atoms. The van der Waals surface area contributed by atoms with Gasteiger partial charge in [-0.05, 0) is 24.6 Å². The molecule has 0 unspecified atom stereocenters. The van der Waals surface area contributed by atoms with Gasteiger partial charge in [0.2, 0.25) is 0 Å². The van der Waals surface area contributed by atoms with Crippen LogP contribution in [0, 0.1) is 12.7 Å². The van der Waals surface area contributed by atoms with Gasteiger partial charge in [0.05, 0.1) is 7.11 Å². The highest BCUT2D eigenvalue weighted by Crippen LogP contribution is 2.07. The van der Waals surface area contributed by atoms with Crippen LogP contribution in [-0.2, 0) is 4.84 Å². The van der Waals surface area contributed by atoms with Gasteiger partial charge in [0.1, 0.15) is 13.7 Å². The Morgan fingerprint density at radius 2 is 2.13 bits per heavy atom. The summed E-state index contributed by atoms with van der Waals surface area (Å²) < 4.78 is 13.1. The van der Waals surface area contributed by atoms with Gasteiger partial charge in [-0.15, -0.1) is 0 Å². The van der Waals surface area contributed by atoms with Crippen LogP contribution >= 0.6 is 0 Å². The molecule has 0 N–H and O–H groups in total. The van der Waals surface area contributed by atoms with Crippen LogP contribution in [0.15, 0.2) is 12.1 Å². The largest absolute Gasteiger partial charge is 0.276 e. The van der Waals surface area contributed by atoms with E-state index in [1.165, 1.54) is 33.2 Å². The summed E-state index contributed by atoms with van der Waals surface area (Å²) in [6, 6.07) is 2.55. The minimum Gasteiger partial charge on any atom is -0.274 e. The van der Waals surface area contributed by atoms with E-state index in [0.29, 0.717) is 0 Å². The van der Waals surface area contributed by atoms with Crippen LogP contribution in [0.1, 0.15) is 15.9 Å². The molecule has 0 fully saturated rings. The minimum atomic E-state index is -0.427. The van der Waals surface area contributed by atoms with Crippen LogP contribution in [0.3, 0.4) is 0 Å². The molecule has 0 aliphatic heterocycles. The van der Waals surface area contributed by atoms with E-state index in [9.17, 15) is 9.18 Å². The van der Waals surface area contributed by atoms with E-state index in [2.05, 4.69) is 0 Å². The number of hydroxylamine groups is 2. The first kappa shape index (κ1) is 11.7. The Morgan fingerprint density at radius 3 is 2.67 bits per heavy atom. The Morgan fingerprint density at radius 1 is 1.53 bits per heavy atom. The lowest BCUT2D eigenvalue weighted by Gasteiger charge is -2.16. The monoisotopic (exact) mass is 207 g/mol. The van der Waals surface area contributed by atoms with Gasteiger partial charge >= 0.3 is 0 Å². The summed E-state index contributed by atoms with van der Waals surface area (Å²) in [5, 5.41) is 1.03. The van der Waals surface area contributed by atoms with Crippen LogP contribution in [-0.4, -0.2) is 33.0 Å². The molecule has 0 spiro atoms. The standard InChI is InChI=1S/C10H11BFNO2/c1-6-8(12)5-4-7(9(6)11)10(14)13(2)15-3/h4-5H,1-3H3. The number of carbonyl (C=O) groups is 1. The molecule has 0 heterocycles. The Hall–Kier alpha value is -1.36. The van der Waals surface area contributed by atoms with Crippen molar-refractivity contribution >= 4 is 19.2 Å². The van der Waals surface area contributed by atoms with E-state index in [1.54, 1.807) is 0 Å². The molecule has 1 rings (SSSR count). The summed E-state index contributed by atoms with van der Waals surface area (Å²) >= 11 is 0. The molecule has 0 aliphatic rings. The fourth-order valence-electron chi connectivity index (χ4n) is 1.14. The highest BCUT2D eigenvalue weighted by Gasteiger charge is 2.15. The van der Waals surface area contributed by atoms with E-state index in [-0.39, 0.29) is 16.6 Å². The zero-order chi connectivity index (χ0) is 11.6. The lowest BCUT2D eigenvalue weighted by Crippen LogP contribution is -2.31. The number of hydrogen-bond donors (Lipinski definition) is 0. The van der Waals surface area contributed by atoms with Crippen LogP contribution in [0.5, 0.6) is 0 Å². The van der Waals surface area contributed by atoms with Crippen molar-refractivity contribution in [3.63, 3.8) is 0 Å². The van der Waals surface area contributed by atoms with Crippen molar-refractivity contribution in [2.24, 2.45) is 0 Å². The Kier molecular flexibility index (Phi) is 3.47. The zero-order valence-corrected chi connectivity index (χ0v) is 8.87. The molecule has 1 amide bonds. The van der Waals surface area contributed by atoms with E-state index in [1.807, 2.05) is 0 Å². The van der Waals surface area contributed by atoms with E-state index in [4.69, 9.17) is 12.7 Å². The summed E-state index contributed by atoms with van der Waals surface area (Å²) in [6.07, 6.45) is 0. The third kappa shape index (κ3) is 2.18. The SMILES string of the molecule is [B]c1c(C(=O)N(C)OC)ccc(F)c1C. The van der Waals surface area contributed by atoms with Crippen molar-refractivity contribution in [2.75, 3.05) is 14.2 Å². The molecule has 0 saturated carbocycles. The zero-order valence-electron chi connectivity index (χ0n) is 8.87. The molecule has 1 aromatic carbocycles. The molecule has 0 bridgehead atoms. The molecule has 0 aromatic heterocycles. The first-order valence-corrected chi connectivity index (χ1v) is 4.35. The van der Waals surface area contributed by atoms with Crippen LogP contribution in [0.25, 0.3) is 0 Å². The third-order valence-corrected chi connectivity index (χ3v) is 2.24. The van der Waals surface area contributed by atoms with Gasteiger partial charge in [-0.25, -0.2) is 9.45 Å². The van der Waals surface area contributed by atoms with Crippen LogP contribution in [0.2, 0.25) is 0 Å². The number of carbonyl (C=O) groups excluding carboxylic acids is 1. The van der Waals surface area contributed by atoms with E-state index in [0.717, 1.165) is 5.06 Å². The lowest BCUT2D eigenvalue weighted by molar-refractivity contribution is -0.0756. The summed E-state index contributed by atoms with van der Waals surface area (Å²) in [4.78, 5) is 16.4. The maximum absolute atomic E-state index is 13.1. The second-order valence-corrected chi connectivity index (χ2v) is 3.12. The quantitative estimate of drug-likeness (QED) is 0.523. The Labute approximate surface area is 89.2 Å². The van der Waals surface area contributed by atoms with Crippen molar-refractivity contribution in [3.8, 4) is 0 Å². The lowest BCUT2D eigenvalue weighted by atomic mass is 9.85. The van der Waals surface area contributed by atoms with Gasteiger partial charge in [0.25, 0.3) is 5.91 Å². The Bertz CT molecular complexity index is 395. The summed E-state index contributed by atoms with van der Waals surface area (Å²) in [6.45, 7) is 1.52. The summed E-state index contributed by atoms with van der Waals surface area (Å²) in [5.41, 5.74) is 0.646. The molecule has 0 atom stereocenters. The molecule has 0 aliphatic carbocycles. The molecular formula is C10H11BFNO2. The van der Waals surface area contributed by atoms with E-state index >= 15 is 0 Å². The van der Waals surface area contributed by atoms with Crippen molar-refractivity contribution in [3.05, 3.63) is 29.1 Å². The number of halogens is 1. The smallest absolute Gasteiger partial charge is 0.274 e. The van der Waals surface area contributed by atoms with Crippen molar-refractivity contribution in [1.82, 2.24) is 5.06 Å². The number of hydrogen-bond acceptors (Lipinski definition) is 2. The minimum absolute atomic E-state index is 0.143. The number of rotatable bonds is 2. The van der Waals surface area contributed by atoms with Crippen LogP contribution in [0.4, 0.5) is 4.39 Å². The average molecular weight is 207 g/mol. The van der Waals surface area contributed by atoms with Crippen molar-refractivity contribution in [1.29, 1.82) is 0 Å². The topological polar surface area (TPSA) is 29.5 Å². The van der Waals surface area contributed by atoms with Crippen LogP contribution < -0.4 is 5.46 Å². The second kappa shape index (κ2) is 4.44. The molecular weight excluding hydrogens is 196 g/mol. The highest BCUT2D eigenvalue weighted by molar-refractivity contribution is 6.37. The number of nitrogens with zero attached hydrogens (tertiary/aromatic N) is 1. The summed E-state index contributed by atoms with van der Waals surface area (Å²) in [7, 11) is 8.46. The summed E-state index contributed by atoms with van der Waals surface area (Å²) in [5.74, 6) is -0.831. The highest BCUT2D eigenvalue weighted by atomic mass is 19.1. The number of amides is 1. The fraction of sp³-hybridized carbons (Fsp3) is 0.300. The number of benzene rings is 1. The first-order chi connectivity index (χ1) is 6.99. The normalized spacial score (nSPS) is 10.1. The maximum Gasteiger partial charge on any atom is 0.276 e. The predicted octanol–water partition coefficient (Wildman–Crippen LogP) is 0.561. The average Bonchev–Trinajstić information content (AvgIpc) is 2.24. The molecule has 0 saturated heterocycles. The molecule has 78 valence electrons. The molecule has 2 radical (unpaired) electrons. The fourth-order valence-corrected chi connectivity index (χ4v) is 1.14. The van der Waals surface area contributed by atoms with Gasteiger partial charge in [-0.3, -0.25) is 9.63 Å². The van der Waals surface area contributed by atoms with Gasteiger partial charge in [-0.2, -0.15) is 0 Å². The van der Waals surface area contributed by atoms with Crippen molar-refractivity contribution in [2.45, 2.75) is 6.92 Å².